The summed E-state index contributed by atoms with van der Waals surface area (Å²) in [4.78, 5) is 11.8. The third kappa shape index (κ3) is 2.92. The molecule has 0 saturated carbocycles. The van der Waals surface area contributed by atoms with Crippen molar-refractivity contribution in [3.8, 4) is 0 Å². The maximum absolute atomic E-state index is 9.89. The molecule has 0 bridgehead atoms. The van der Waals surface area contributed by atoms with Crippen molar-refractivity contribution in [2.75, 3.05) is 24.6 Å². The highest BCUT2D eigenvalue weighted by molar-refractivity contribution is 5.87. The summed E-state index contributed by atoms with van der Waals surface area (Å²) in [6.45, 7) is 6.39. The van der Waals surface area contributed by atoms with Crippen LogP contribution in [0.3, 0.4) is 0 Å². The van der Waals surface area contributed by atoms with Gasteiger partial charge in [-0.3, -0.25) is 4.68 Å². The van der Waals surface area contributed by atoms with Crippen molar-refractivity contribution in [1.29, 1.82) is 0 Å². The van der Waals surface area contributed by atoms with Crippen molar-refractivity contribution >= 4 is 16.9 Å². The summed E-state index contributed by atoms with van der Waals surface area (Å²) >= 11 is 0. The Labute approximate surface area is 137 Å². The van der Waals surface area contributed by atoms with Crippen molar-refractivity contribution in [1.82, 2.24) is 19.7 Å². The van der Waals surface area contributed by atoms with Crippen LogP contribution < -0.4 is 4.90 Å². The third-order valence-corrected chi connectivity index (χ3v) is 5.14. The van der Waals surface area contributed by atoms with E-state index in [0.29, 0.717) is 0 Å². The van der Waals surface area contributed by atoms with Gasteiger partial charge in [-0.15, -0.1) is 0 Å². The molecule has 0 amide bonds. The highest BCUT2D eigenvalue weighted by Crippen LogP contribution is 2.36. The van der Waals surface area contributed by atoms with E-state index < -0.39 is 0 Å². The second kappa shape index (κ2) is 6.43. The second-order valence-electron chi connectivity index (χ2n) is 6.76. The number of aryl methyl sites for hydroxylation is 2. The minimum absolute atomic E-state index is 0.0113. The molecule has 1 aliphatic rings. The highest BCUT2D eigenvalue weighted by Gasteiger charge is 2.34. The molecule has 0 aliphatic carbocycles. The minimum atomic E-state index is -0.0113. The van der Waals surface area contributed by atoms with Gasteiger partial charge in [0, 0.05) is 32.0 Å². The van der Waals surface area contributed by atoms with Gasteiger partial charge in [0.2, 0.25) is 0 Å². The van der Waals surface area contributed by atoms with E-state index in [1.807, 2.05) is 17.9 Å². The van der Waals surface area contributed by atoms with Crippen LogP contribution >= 0.6 is 0 Å². The van der Waals surface area contributed by atoms with Crippen LogP contribution in [0.5, 0.6) is 0 Å². The van der Waals surface area contributed by atoms with E-state index in [0.717, 1.165) is 67.9 Å². The number of piperidine rings is 1. The number of aliphatic hydroxyl groups is 1. The second-order valence-corrected chi connectivity index (χ2v) is 6.76. The molecule has 1 unspecified atom stereocenters. The summed E-state index contributed by atoms with van der Waals surface area (Å²) in [7, 11) is 1.93. The molecule has 3 heterocycles. The van der Waals surface area contributed by atoms with E-state index >= 15 is 0 Å². The maximum atomic E-state index is 9.89. The first-order valence-corrected chi connectivity index (χ1v) is 8.67. The molecule has 3 rings (SSSR count). The van der Waals surface area contributed by atoms with Crippen molar-refractivity contribution in [2.24, 2.45) is 12.5 Å². The minimum Gasteiger partial charge on any atom is -0.396 e. The van der Waals surface area contributed by atoms with Gasteiger partial charge in [-0.2, -0.15) is 5.10 Å². The molecule has 126 valence electrons. The molecule has 1 aliphatic heterocycles. The van der Waals surface area contributed by atoms with E-state index in [-0.39, 0.29) is 12.0 Å². The van der Waals surface area contributed by atoms with Gasteiger partial charge in [0.25, 0.3) is 0 Å². The number of hydrogen-bond acceptors (Lipinski definition) is 5. The van der Waals surface area contributed by atoms with Crippen molar-refractivity contribution < 1.29 is 5.11 Å². The summed E-state index contributed by atoms with van der Waals surface area (Å²) in [5.41, 5.74) is 0.887. The zero-order chi connectivity index (χ0) is 16.4. The Kier molecular flexibility index (Phi) is 4.53. The summed E-state index contributed by atoms with van der Waals surface area (Å²) in [6, 6.07) is 0. The lowest BCUT2D eigenvalue weighted by atomic mass is 9.78. The average molecular weight is 317 g/mol. The number of nitrogens with zero attached hydrogens (tertiary/aromatic N) is 5. The molecule has 6 heteroatoms. The van der Waals surface area contributed by atoms with E-state index in [9.17, 15) is 5.11 Å². The number of aliphatic hydroxyl groups excluding tert-OH is 1. The van der Waals surface area contributed by atoms with E-state index in [1.165, 1.54) is 0 Å². The molecular formula is C17H27N5O. The fourth-order valence-corrected chi connectivity index (χ4v) is 3.55. The van der Waals surface area contributed by atoms with Gasteiger partial charge in [0.15, 0.2) is 5.65 Å². The Morgan fingerprint density at radius 2 is 2.13 bits per heavy atom. The molecule has 1 fully saturated rings. The van der Waals surface area contributed by atoms with Crippen LogP contribution in [-0.2, 0) is 13.5 Å². The Morgan fingerprint density at radius 3 is 2.83 bits per heavy atom. The van der Waals surface area contributed by atoms with E-state index in [4.69, 9.17) is 4.98 Å². The van der Waals surface area contributed by atoms with Crippen molar-refractivity contribution in [2.45, 2.75) is 46.0 Å². The van der Waals surface area contributed by atoms with Gasteiger partial charge in [0.1, 0.15) is 11.6 Å². The maximum Gasteiger partial charge on any atom is 0.163 e. The Balaban J connectivity index is 2.04. The lowest BCUT2D eigenvalue weighted by Gasteiger charge is -2.42. The van der Waals surface area contributed by atoms with Gasteiger partial charge in [-0.1, -0.05) is 13.8 Å². The summed E-state index contributed by atoms with van der Waals surface area (Å²) in [5, 5.41) is 15.3. The summed E-state index contributed by atoms with van der Waals surface area (Å²) in [5.74, 6) is 1.87. The van der Waals surface area contributed by atoms with Crippen LogP contribution in [0, 0.1) is 5.41 Å². The molecule has 0 aromatic carbocycles. The Morgan fingerprint density at radius 1 is 1.30 bits per heavy atom. The fourth-order valence-electron chi connectivity index (χ4n) is 3.55. The van der Waals surface area contributed by atoms with Gasteiger partial charge < -0.3 is 10.0 Å². The first-order valence-electron chi connectivity index (χ1n) is 8.67. The van der Waals surface area contributed by atoms with Crippen LogP contribution in [0.1, 0.15) is 45.4 Å². The fraction of sp³-hybridized carbons (Fsp3) is 0.706. The molecule has 23 heavy (non-hydrogen) atoms. The Hall–Kier alpha value is -1.69. The molecule has 2 aromatic heterocycles. The largest absolute Gasteiger partial charge is 0.396 e. The Bertz CT molecular complexity index is 677. The van der Waals surface area contributed by atoms with Gasteiger partial charge in [-0.05, 0) is 25.7 Å². The number of rotatable bonds is 5. The van der Waals surface area contributed by atoms with Crippen LogP contribution in [0.25, 0.3) is 11.0 Å². The molecule has 0 spiro atoms. The number of anilines is 1. The van der Waals surface area contributed by atoms with Crippen molar-refractivity contribution in [3.05, 3.63) is 12.0 Å². The zero-order valence-electron chi connectivity index (χ0n) is 14.4. The molecule has 0 radical (unpaired) electrons. The molecule has 2 aromatic rings. The smallest absolute Gasteiger partial charge is 0.163 e. The van der Waals surface area contributed by atoms with E-state index in [2.05, 4.69) is 28.8 Å². The van der Waals surface area contributed by atoms with Crippen LogP contribution in [-0.4, -0.2) is 44.6 Å². The number of hydrogen-bond donors (Lipinski definition) is 1. The van der Waals surface area contributed by atoms with Crippen LogP contribution in [0.15, 0.2) is 6.20 Å². The lowest BCUT2D eigenvalue weighted by Crippen LogP contribution is -2.45. The third-order valence-electron chi connectivity index (χ3n) is 5.14. The molecule has 1 N–H and O–H groups in total. The SMILES string of the molecule is CCCc1nc(N2CCCC(CC)(CO)C2)c2cnn(C)c2n1. The summed E-state index contributed by atoms with van der Waals surface area (Å²) in [6.07, 6.45) is 6.92. The normalized spacial score (nSPS) is 22.0. The highest BCUT2D eigenvalue weighted by atomic mass is 16.3. The van der Waals surface area contributed by atoms with Crippen LogP contribution in [0.4, 0.5) is 5.82 Å². The molecule has 6 nitrogen and oxygen atoms in total. The molecule has 1 atom stereocenters. The zero-order valence-corrected chi connectivity index (χ0v) is 14.4. The monoisotopic (exact) mass is 317 g/mol. The van der Waals surface area contributed by atoms with Crippen molar-refractivity contribution in [3.63, 3.8) is 0 Å². The van der Waals surface area contributed by atoms with Gasteiger partial charge >= 0.3 is 0 Å². The molecular weight excluding hydrogens is 290 g/mol. The molecule has 1 saturated heterocycles. The van der Waals surface area contributed by atoms with Gasteiger partial charge in [-0.25, -0.2) is 9.97 Å². The quantitative estimate of drug-likeness (QED) is 0.916. The first-order chi connectivity index (χ1) is 11.1. The first kappa shape index (κ1) is 16.2. The van der Waals surface area contributed by atoms with Crippen LogP contribution in [0.2, 0.25) is 0 Å². The standard InChI is InChI=1S/C17H27N5O/c1-4-7-14-19-15-13(10-18-21(15)3)16(20-14)22-9-6-8-17(5-2,11-22)12-23/h10,23H,4-9,11-12H2,1-3H3. The number of fused-ring (bicyclic) bond motifs is 1. The summed E-state index contributed by atoms with van der Waals surface area (Å²) < 4.78 is 1.82. The van der Waals surface area contributed by atoms with Gasteiger partial charge in [0.05, 0.1) is 18.2 Å². The topological polar surface area (TPSA) is 67.1 Å². The number of aromatic nitrogens is 4. The predicted molar refractivity (Wildman–Crippen MR) is 91.6 cm³/mol. The van der Waals surface area contributed by atoms with E-state index in [1.54, 1.807) is 0 Å². The predicted octanol–water partition coefficient (Wildman–Crippen LogP) is 2.30. The lowest BCUT2D eigenvalue weighted by molar-refractivity contribution is 0.101. The average Bonchev–Trinajstić information content (AvgIpc) is 2.96.